The molecule has 0 rings (SSSR count). The number of hydrogen-bond donors (Lipinski definition) is 3. The first-order chi connectivity index (χ1) is 9.15. The first-order valence-electron chi connectivity index (χ1n) is 6.86. The van der Waals surface area contributed by atoms with Crippen molar-refractivity contribution in [3.05, 3.63) is 6.42 Å². The van der Waals surface area contributed by atoms with Gasteiger partial charge in [0.15, 0.2) is 0 Å². The van der Waals surface area contributed by atoms with E-state index in [-0.39, 0.29) is 69.8 Å². The van der Waals surface area contributed by atoms with E-state index in [1.165, 1.54) is 0 Å². The predicted octanol–water partition coefficient (Wildman–Crippen LogP) is -1.63. The molecule has 0 aromatic carbocycles. The van der Waals surface area contributed by atoms with Crippen LogP contribution in [0.15, 0.2) is 0 Å². The monoisotopic (exact) mass is 411 g/mol. The van der Waals surface area contributed by atoms with Crippen molar-refractivity contribution in [1.29, 1.82) is 0 Å². The fourth-order valence-electron chi connectivity index (χ4n) is 1.60. The molecule has 0 aliphatic rings. The normalized spacial score (nSPS) is 14.7. The van der Waals surface area contributed by atoms with Crippen molar-refractivity contribution in [2.75, 3.05) is 38.2 Å². The molecule has 0 fully saturated rings. The molecule has 0 saturated heterocycles. The van der Waals surface area contributed by atoms with E-state index in [1.807, 2.05) is 28.5 Å². The van der Waals surface area contributed by atoms with Crippen molar-refractivity contribution in [1.82, 2.24) is 5.32 Å². The van der Waals surface area contributed by atoms with E-state index in [9.17, 15) is 5.11 Å². The molecular weight excluding hydrogens is 382 g/mol. The Morgan fingerprint density at radius 2 is 1.95 bits per heavy atom. The second-order valence-corrected chi connectivity index (χ2v) is 7.18. The average Bonchev–Trinajstić information content (AvgIpc) is 2.42. The first kappa shape index (κ1) is 28.1. The van der Waals surface area contributed by atoms with Gasteiger partial charge in [-0.2, -0.15) is 5.92 Å². The zero-order chi connectivity index (χ0) is 14.5. The third-order valence-electron chi connectivity index (χ3n) is 2.70. The molecule has 8 heteroatoms. The summed E-state index contributed by atoms with van der Waals surface area (Å²) in [5.41, 5.74) is 5.42. The molecule has 0 spiro atoms. The molecular formula is C13H30N2O3RbS2-. The van der Waals surface area contributed by atoms with Gasteiger partial charge in [-0.1, -0.05) is 35.4 Å². The maximum atomic E-state index is 9.77. The van der Waals surface area contributed by atoms with Crippen molar-refractivity contribution < 1.29 is 73.5 Å². The van der Waals surface area contributed by atoms with E-state index in [0.717, 1.165) is 31.1 Å². The van der Waals surface area contributed by atoms with Crippen molar-refractivity contribution >= 4 is 21.6 Å². The number of nitrogens with two attached hydrogens (primary N) is 1. The smallest absolute Gasteiger partial charge is 0.870 e. The predicted molar refractivity (Wildman–Crippen MR) is 89.3 cm³/mol. The van der Waals surface area contributed by atoms with Crippen LogP contribution in [0.25, 0.3) is 0 Å². The summed E-state index contributed by atoms with van der Waals surface area (Å²) in [5.74, 6) is 2.48. The van der Waals surface area contributed by atoms with E-state index in [4.69, 9.17) is 10.5 Å². The van der Waals surface area contributed by atoms with Crippen molar-refractivity contribution in [2.24, 2.45) is 11.7 Å². The van der Waals surface area contributed by atoms with E-state index in [0.29, 0.717) is 12.3 Å². The van der Waals surface area contributed by atoms with E-state index >= 15 is 0 Å². The van der Waals surface area contributed by atoms with Gasteiger partial charge in [-0.05, 0) is 19.1 Å². The summed E-state index contributed by atoms with van der Waals surface area (Å²) in [5, 5.41) is 13.2. The van der Waals surface area contributed by atoms with Crippen LogP contribution in [-0.2, 0) is 4.74 Å². The van der Waals surface area contributed by atoms with Crippen LogP contribution in [0.5, 0.6) is 0 Å². The maximum Gasteiger partial charge on any atom is 1.00 e. The van der Waals surface area contributed by atoms with Crippen LogP contribution in [0.2, 0.25) is 0 Å². The number of nitrogens with one attached hydrogen (secondary N) is 1. The van der Waals surface area contributed by atoms with Crippen LogP contribution in [-0.4, -0.2) is 61.0 Å². The second kappa shape index (κ2) is 20.4. The van der Waals surface area contributed by atoms with Crippen LogP contribution in [0.1, 0.15) is 20.3 Å². The fourth-order valence-corrected chi connectivity index (χ4v) is 3.40. The van der Waals surface area contributed by atoms with E-state index in [2.05, 4.69) is 18.7 Å². The third kappa shape index (κ3) is 16.9. The molecule has 0 aliphatic carbocycles. The standard InChI is InChI=1S/C13H29N2O2S2.H2O.Rb/c1-4-12(16)13(17-3)9-11(2)10-15-6-8-19-18-7-5-14;;/h9,11-13,15-16H,4-8,10,14H2,1-3H3;1H2;/q-1;;+1/p-1/t11?,12?,13-;;/m0../s1. The number of aliphatic hydroxyl groups is 1. The average molecular weight is 412 g/mol. The van der Waals surface area contributed by atoms with Crippen LogP contribution in [0, 0.1) is 12.3 Å². The number of hydrogen-bond acceptors (Lipinski definition) is 7. The largest absolute Gasteiger partial charge is 1.00 e. The minimum atomic E-state index is -0.407. The van der Waals surface area contributed by atoms with E-state index < -0.39 is 6.10 Å². The van der Waals surface area contributed by atoms with Gasteiger partial charge in [-0.25, -0.2) is 0 Å². The van der Waals surface area contributed by atoms with Crippen molar-refractivity contribution in [2.45, 2.75) is 32.5 Å². The zero-order valence-corrected chi connectivity index (χ0v) is 20.3. The van der Waals surface area contributed by atoms with Gasteiger partial charge < -0.3 is 26.4 Å². The molecule has 0 aromatic rings. The molecule has 0 radical (unpaired) electrons. The number of rotatable bonds is 13. The Hall–Kier alpha value is 2.31. The molecule has 0 aliphatic heterocycles. The summed E-state index contributed by atoms with van der Waals surface area (Å²) in [6.45, 7) is 6.75. The van der Waals surface area contributed by atoms with Gasteiger partial charge in [-0.15, -0.1) is 0 Å². The molecule has 0 heterocycles. The van der Waals surface area contributed by atoms with Gasteiger partial charge in [0, 0.05) is 31.7 Å². The van der Waals surface area contributed by atoms with Crippen LogP contribution < -0.4 is 69.2 Å². The number of methoxy groups -OCH3 is 1. The topological polar surface area (TPSA) is 97.5 Å². The van der Waals surface area contributed by atoms with Crippen molar-refractivity contribution in [3.63, 3.8) is 0 Å². The summed E-state index contributed by atoms with van der Waals surface area (Å²) in [6, 6.07) is 0. The first-order valence-corrected chi connectivity index (χ1v) is 9.35. The zero-order valence-electron chi connectivity index (χ0n) is 13.7. The van der Waals surface area contributed by atoms with Crippen LogP contribution >= 0.6 is 21.6 Å². The summed E-state index contributed by atoms with van der Waals surface area (Å²) >= 11 is 0. The maximum absolute atomic E-state index is 9.77. The molecule has 0 amide bonds. The summed E-state index contributed by atoms with van der Waals surface area (Å²) in [4.78, 5) is 0. The van der Waals surface area contributed by atoms with E-state index in [1.54, 1.807) is 7.11 Å². The molecule has 124 valence electrons. The minimum Gasteiger partial charge on any atom is -0.870 e. The van der Waals surface area contributed by atoms with Gasteiger partial charge in [-0.3, -0.25) is 6.42 Å². The Morgan fingerprint density at radius 1 is 1.33 bits per heavy atom. The van der Waals surface area contributed by atoms with Crippen molar-refractivity contribution in [3.8, 4) is 0 Å². The Balaban J connectivity index is -0.00000162. The number of aliphatic hydroxyl groups excluding tert-OH is 1. The quantitative estimate of drug-likeness (QED) is 0.190. The van der Waals surface area contributed by atoms with Gasteiger partial charge >= 0.3 is 58.2 Å². The Bertz CT molecular complexity index is 208. The summed E-state index contributed by atoms with van der Waals surface area (Å²) in [6.07, 6.45) is 2.22. The third-order valence-corrected chi connectivity index (χ3v) is 5.14. The van der Waals surface area contributed by atoms with Crippen LogP contribution in [0.3, 0.4) is 0 Å². The molecule has 5 N–H and O–H groups in total. The number of ether oxygens (including phenoxy) is 1. The minimum absolute atomic E-state index is 0. The fraction of sp³-hybridized carbons (Fsp3) is 0.923. The molecule has 2 unspecified atom stereocenters. The van der Waals surface area contributed by atoms with Gasteiger partial charge in [0.25, 0.3) is 0 Å². The Kier molecular flexibility index (Phi) is 27.3. The molecule has 3 atom stereocenters. The molecule has 21 heavy (non-hydrogen) atoms. The molecule has 5 nitrogen and oxygen atoms in total. The SMILES string of the molecule is CCC(O)[C@H]([CH-]C(C)CNCCSSCCN)OC.[OH-].[Rb+]. The molecule has 0 aromatic heterocycles. The summed E-state index contributed by atoms with van der Waals surface area (Å²) in [7, 11) is 5.32. The van der Waals surface area contributed by atoms with Gasteiger partial charge in [0.1, 0.15) is 0 Å². The molecule has 0 saturated carbocycles. The van der Waals surface area contributed by atoms with Gasteiger partial charge in [0.05, 0.1) is 6.10 Å². The summed E-state index contributed by atoms with van der Waals surface area (Å²) < 4.78 is 5.29. The second-order valence-electron chi connectivity index (χ2n) is 4.48. The molecule has 0 bridgehead atoms. The Labute approximate surface area is 186 Å². The van der Waals surface area contributed by atoms with Crippen LogP contribution in [0.4, 0.5) is 0 Å². The van der Waals surface area contributed by atoms with Gasteiger partial charge in [0.2, 0.25) is 0 Å². The Morgan fingerprint density at radius 3 is 2.48 bits per heavy atom.